The minimum atomic E-state index is -0.00914. The number of hydrogen-bond acceptors (Lipinski definition) is 8. The summed E-state index contributed by atoms with van der Waals surface area (Å²) in [4.78, 5) is 19.5. The molecular weight excluding hydrogens is 388 g/mol. The minimum absolute atomic E-state index is 0.00914. The lowest BCUT2D eigenvalue weighted by atomic mass is 10.3. The van der Waals surface area contributed by atoms with Crippen LogP contribution in [-0.2, 0) is 11.3 Å². The second-order valence-electron chi connectivity index (χ2n) is 5.46. The largest absolute Gasteiger partial charge is 0.410 e. The normalized spacial score (nSPS) is 11.1. The number of carbonyl (C=O) groups excluding carboxylic acids is 1. The van der Waals surface area contributed by atoms with Crippen LogP contribution in [-0.4, -0.2) is 38.8 Å². The van der Waals surface area contributed by atoms with E-state index < -0.39 is 0 Å². The van der Waals surface area contributed by atoms with Crippen LogP contribution < -0.4 is 0 Å². The maximum Gasteiger partial charge on any atom is 0.277 e. The zero-order valence-corrected chi connectivity index (χ0v) is 16.2. The Balaban J connectivity index is 1.34. The van der Waals surface area contributed by atoms with Gasteiger partial charge in [0, 0.05) is 7.05 Å². The predicted molar refractivity (Wildman–Crippen MR) is 104 cm³/mol. The van der Waals surface area contributed by atoms with Gasteiger partial charge in [-0.05, 0) is 23.6 Å². The van der Waals surface area contributed by atoms with Crippen LogP contribution in [0.25, 0.3) is 21.0 Å². The monoisotopic (exact) mass is 402 g/mol. The first-order chi connectivity index (χ1) is 12.7. The molecular formula is C17H14N4O2S3. The molecule has 0 aliphatic carbocycles. The maximum atomic E-state index is 12.4. The summed E-state index contributed by atoms with van der Waals surface area (Å²) >= 11 is 4.39. The molecule has 132 valence electrons. The van der Waals surface area contributed by atoms with Crippen LogP contribution in [0.1, 0.15) is 5.01 Å². The summed E-state index contributed by atoms with van der Waals surface area (Å²) in [7, 11) is 1.78. The Morgan fingerprint density at radius 3 is 2.92 bits per heavy atom. The number of nitrogens with zero attached hydrogens (tertiary/aromatic N) is 4. The lowest BCUT2D eigenvalue weighted by Crippen LogP contribution is -2.27. The number of hydrogen-bond donors (Lipinski definition) is 0. The molecule has 1 aromatic carbocycles. The highest BCUT2D eigenvalue weighted by Crippen LogP contribution is 2.27. The molecule has 0 aliphatic heterocycles. The number of thiazole rings is 1. The molecule has 0 unspecified atom stereocenters. The molecule has 0 N–H and O–H groups in total. The number of fused-ring (bicyclic) bond motifs is 1. The van der Waals surface area contributed by atoms with E-state index in [0.717, 1.165) is 20.1 Å². The molecule has 0 bridgehead atoms. The van der Waals surface area contributed by atoms with Gasteiger partial charge in [-0.25, -0.2) is 4.98 Å². The number of para-hydroxylation sites is 1. The van der Waals surface area contributed by atoms with E-state index in [1.54, 1.807) is 23.3 Å². The molecule has 3 heterocycles. The van der Waals surface area contributed by atoms with Crippen molar-refractivity contribution < 1.29 is 9.21 Å². The molecule has 4 aromatic rings. The number of thiophene rings is 1. The number of thioether (sulfide) groups is 1. The molecule has 0 spiro atoms. The molecule has 26 heavy (non-hydrogen) atoms. The van der Waals surface area contributed by atoms with Gasteiger partial charge in [0.2, 0.25) is 5.91 Å². The van der Waals surface area contributed by atoms with Crippen LogP contribution in [0.4, 0.5) is 0 Å². The number of amides is 1. The first-order valence-electron chi connectivity index (χ1n) is 7.77. The number of aromatic nitrogens is 3. The van der Waals surface area contributed by atoms with Crippen molar-refractivity contribution in [2.24, 2.45) is 0 Å². The first kappa shape index (κ1) is 17.2. The van der Waals surface area contributed by atoms with Crippen molar-refractivity contribution in [3.8, 4) is 10.8 Å². The second kappa shape index (κ2) is 7.56. The van der Waals surface area contributed by atoms with Crippen LogP contribution in [0.5, 0.6) is 0 Å². The standard InChI is InChI=1S/C17H14N4O2S3/c1-21(9-14-18-11-5-2-3-6-12(11)26-14)15(22)10-25-17-20-19-16(23-17)13-7-4-8-24-13/h2-8H,9-10H2,1H3. The minimum Gasteiger partial charge on any atom is -0.410 e. The molecule has 0 radical (unpaired) electrons. The molecule has 0 saturated carbocycles. The van der Waals surface area contributed by atoms with Crippen molar-refractivity contribution >= 4 is 50.6 Å². The lowest BCUT2D eigenvalue weighted by molar-refractivity contribution is -0.127. The zero-order chi connectivity index (χ0) is 17.9. The highest BCUT2D eigenvalue weighted by Gasteiger charge is 2.15. The Bertz CT molecular complexity index is 993. The van der Waals surface area contributed by atoms with E-state index in [-0.39, 0.29) is 11.7 Å². The fraction of sp³-hybridized carbons (Fsp3) is 0.176. The third kappa shape index (κ3) is 3.79. The van der Waals surface area contributed by atoms with Gasteiger partial charge < -0.3 is 9.32 Å². The molecule has 6 nitrogen and oxygen atoms in total. The molecule has 1 amide bonds. The number of rotatable bonds is 6. The topological polar surface area (TPSA) is 72.1 Å². The van der Waals surface area contributed by atoms with E-state index in [1.165, 1.54) is 23.1 Å². The molecule has 0 saturated heterocycles. The Labute approximate surface area is 161 Å². The van der Waals surface area contributed by atoms with Crippen LogP contribution >= 0.6 is 34.4 Å². The smallest absolute Gasteiger partial charge is 0.277 e. The lowest BCUT2D eigenvalue weighted by Gasteiger charge is -2.14. The highest BCUT2D eigenvalue weighted by atomic mass is 32.2. The Hall–Kier alpha value is -2.23. The predicted octanol–water partition coefficient (Wildman–Crippen LogP) is 4.16. The van der Waals surface area contributed by atoms with Crippen molar-refractivity contribution in [1.82, 2.24) is 20.1 Å². The van der Waals surface area contributed by atoms with Crippen molar-refractivity contribution in [2.75, 3.05) is 12.8 Å². The summed E-state index contributed by atoms with van der Waals surface area (Å²) in [5.74, 6) is 0.718. The van der Waals surface area contributed by atoms with Crippen LogP contribution in [0.2, 0.25) is 0 Å². The summed E-state index contributed by atoms with van der Waals surface area (Å²) in [6.45, 7) is 0.489. The van der Waals surface area contributed by atoms with Gasteiger partial charge in [-0.2, -0.15) is 0 Å². The van der Waals surface area contributed by atoms with E-state index in [9.17, 15) is 4.79 Å². The van der Waals surface area contributed by atoms with Gasteiger partial charge in [-0.3, -0.25) is 4.79 Å². The van der Waals surface area contributed by atoms with Gasteiger partial charge in [0.25, 0.3) is 11.1 Å². The zero-order valence-electron chi connectivity index (χ0n) is 13.8. The van der Waals surface area contributed by atoms with Crippen LogP contribution in [0, 0.1) is 0 Å². The van der Waals surface area contributed by atoms with Gasteiger partial charge in [-0.1, -0.05) is 30.0 Å². The summed E-state index contributed by atoms with van der Waals surface area (Å²) in [5, 5.41) is 11.3. The fourth-order valence-electron chi connectivity index (χ4n) is 2.28. The third-order valence-corrected chi connectivity index (χ3v) is 6.28. The van der Waals surface area contributed by atoms with Crippen molar-refractivity contribution in [3.63, 3.8) is 0 Å². The van der Waals surface area contributed by atoms with Crippen molar-refractivity contribution in [2.45, 2.75) is 11.8 Å². The van der Waals surface area contributed by atoms with Crippen molar-refractivity contribution in [3.05, 3.63) is 46.8 Å². The van der Waals surface area contributed by atoms with E-state index in [4.69, 9.17) is 4.42 Å². The molecule has 0 atom stereocenters. The highest BCUT2D eigenvalue weighted by molar-refractivity contribution is 7.99. The van der Waals surface area contributed by atoms with Gasteiger partial charge >= 0.3 is 0 Å². The first-order valence-corrected chi connectivity index (χ1v) is 10.5. The van der Waals surface area contributed by atoms with Gasteiger partial charge in [0.05, 0.1) is 27.4 Å². The fourth-order valence-corrected chi connectivity index (χ4v) is 4.65. The summed E-state index contributed by atoms with van der Waals surface area (Å²) < 4.78 is 6.72. The Kier molecular flexibility index (Phi) is 5.00. The van der Waals surface area contributed by atoms with Gasteiger partial charge in [0.15, 0.2) is 0 Å². The van der Waals surface area contributed by atoms with E-state index in [2.05, 4.69) is 15.2 Å². The van der Waals surface area contributed by atoms with Gasteiger partial charge in [-0.15, -0.1) is 32.9 Å². The summed E-state index contributed by atoms with van der Waals surface area (Å²) in [5.41, 5.74) is 0.967. The Morgan fingerprint density at radius 1 is 1.23 bits per heavy atom. The SMILES string of the molecule is CN(Cc1nc2ccccc2s1)C(=O)CSc1nnc(-c2cccs2)o1. The molecule has 9 heteroatoms. The average molecular weight is 403 g/mol. The quantitative estimate of drug-likeness (QED) is 0.451. The summed E-state index contributed by atoms with van der Waals surface area (Å²) in [6, 6.07) is 11.8. The average Bonchev–Trinajstić information content (AvgIpc) is 3.38. The van der Waals surface area contributed by atoms with E-state index in [1.807, 2.05) is 41.8 Å². The van der Waals surface area contributed by atoms with Crippen molar-refractivity contribution in [1.29, 1.82) is 0 Å². The number of carbonyl (C=O) groups is 1. The van der Waals surface area contributed by atoms with E-state index >= 15 is 0 Å². The Morgan fingerprint density at radius 2 is 2.12 bits per heavy atom. The van der Waals surface area contributed by atoms with Crippen LogP contribution in [0.15, 0.2) is 51.4 Å². The van der Waals surface area contributed by atoms with Crippen LogP contribution in [0.3, 0.4) is 0 Å². The molecule has 4 rings (SSSR count). The second-order valence-corrected chi connectivity index (χ2v) is 8.45. The van der Waals surface area contributed by atoms with E-state index in [0.29, 0.717) is 17.7 Å². The van der Waals surface area contributed by atoms with Gasteiger partial charge in [0.1, 0.15) is 5.01 Å². The summed E-state index contributed by atoms with van der Waals surface area (Å²) in [6.07, 6.45) is 0. The third-order valence-electron chi connectivity index (χ3n) is 3.59. The molecule has 0 aliphatic rings. The maximum absolute atomic E-state index is 12.4. The molecule has 3 aromatic heterocycles. The number of benzene rings is 1. The molecule has 0 fully saturated rings.